The molecule has 0 radical (unpaired) electrons. The largest absolute Gasteiger partial charge is 0.459 e. The molecule has 0 aliphatic rings. The van der Waals surface area contributed by atoms with Crippen molar-refractivity contribution in [1.29, 1.82) is 0 Å². The molecule has 0 saturated carbocycles. The lowest BCUT2D eigenvalue weighted by atomic mass is 10.2. The summed E-state index contributed by atoms with van der Waals surface area (Å²) in [6.45, 7) is 0. The highest BCUT2D eigenvalue weighted by Gasteiger charge is 2.20. The molecule has 0 bridgehead atoms. The third-order valence-corrected chi connectivity index (χ3v) is 2.50. The molecule has 88 valence electrons. The SMILES string of the molecule is O=[N+]([O-])c1nc(-c2ccco2)nc2ccccc12. The monoisotopic (exact) mass is 241 g/mol. The Bertz CT molecular complexity index is 723. The van der Waals surface area contributed by atoms with Gasteiger partial charge < -0.3 is 14.5 Å². The lowest BCUT2D eigenvalue weighted by molar-refractivity contribution is -0.387. The molecule has 0 aliphatic heterocycles. The number of fused-ring (bicyclic) bond motifs is 1. The van der Waals surface area contributed by atoms with Crippen LogP contribution in [-0.4, -0.2) is 14.9 Å². The van der Waals surface area contributed by atoms with Gasteiger partial charge in [-0.15, -0.1) is 0 Å². The summed E-state index contributed by atoms with van der Waals surface area (Å²) in [6.07, 6.45) is 1.47. The van der Waals surface area contributed by atoms with Crippen LogP contribution in [0.1, 0.15) is 0 Å². The maximum atomic E-state index is 11.0. The second-order valence-electron chi connectivity index (χ2n) is 3.62. The number of hydrogen-bond acceptors (Lipinski definition) is 5. The minimum absolute atomic E-state index is 0.213. The van der Waals surface area contributed by atoms with Gasteiger partial charge in [0, 0.05) is 0 Å². The zero-order chi connectivity index (χ0) is 12.5. The highest BCUT2D eigenvalue weighted by atomic mass is 16.6. The number of nitrogens with zero attached hydrogens (tertiary/aromatic N) is 3. The van der Waals surface area contributed by atoms with E-state index in [1.165, 1.54) is 6.26 Å². The van der Waals surface area contributed by atoms with Gasteiger partial charge in [-0.05, 0) is 34.2 Å². The van der Waals surface area contributed by atoms with Crippen molar-refractivity contribution in [2.45, 2.75) is 0 Å². The van der Waals surface area contributed by atoms with Gasteiger partial charge in [0.1, 0.15) is 0 Å². The van der Waals surface area contributed by atoms with Gasteiger partial charge in [0.05, 0.1) is 17.2 Å². The van der Waals surface area contributed by atoms with Crippen LogP contribution in [0.2, 0.25) is 0 Å². The average Bonchev–Trinajstić information content (AvgIpc) is 2.91. The summed E-state index contributed by atoms with van der Waals surface area (Å²) < 4.78 is 5.16. The first-order valence-electron chi connectivity index (χ1n) is 5.21. The zero-order valence-electron chi connectivity index (χ0n) is 9.11. The van der Waals surface area contributed by atoms with Crippen LogP contribution in [-0.2, 0) is 0 Å². The molecule has 1 aromatic carbocycles. The van der Waals surface area contributed by atoms with Gasteiger partial charge in [-0.3, -0.25) is 0 Å². The second kappa shape index (κ2) is 3.92. The summed E-state index contributed by atoms with van der Waals surface area (Å²) in [6, 6.07) is 10.2. The molecule has 3 rings (SSSR count). The van der Waals surface area contributed by atoms with Crippen LogP contribution in [0.25, 0.3) is 22.5 Å². The van der Waals surface area contributed by atoms with Crippen LogP contribution in [0.15, 0.2) is 47.1 Å². The Labute approximate surface area is 101 Å². The number of furan rings is 1. The predicted octanol–water partition coefficient (Wildman–Crippen LogP) is 2.80. The van der Waals surface area contributed by atoms with Crippen LogP contribution in [0.3, 0.4) is 0 Å². The van der Waals surface area contributed by atoms with E-state index in [4.69, 9.17) is 4.42 Å². The Morgan fingerprint density at radius 2 is 1.94 bits per heavy atom. The maximum Gasteiger partial charge on any atom is 0.375 e. The van der Waals surface area contributed by atoms with E-state index in [2.05, 4.69) is 9.97 Å². The number of hydrogen-bond donors (Lipinski definition) is 0. The van der Waals surface area contributed by atoms with Gasteiger partial charge >= 0.3 is 11.6 Å². The minimum Gasteiger partial charge on any atom is -0.459 e. The number of benzene rings is 1. The predicted molar refractivity (Wildman–Crippen MR) is 63.9 cm³/mol. The van der Waals surface area contributed by atoms with Crippen LogP contribution in [0, 0.1) is 10.1 Å². The molecule has 0 saturated heterocycles. The number of nitro groups is 1. The van der Waals surface area contributed by atoms with Crippen molar-refractivity contribution in [3.8, 4) is 11.6 Å². The summed E-state index contributed by atoms with van der Waals surface area (Å²) >= 11 is 0. The highest BCUT2D eigenvalue weighted by molar-refractivity contribution is 5.87. The first-order chi connectivity index (χ1) is 8.75. The van der Waals surface area contributed by atoms with Crippen LogP contribution in [0.4, 0.5) is 5.82 Å². The van der Waals surface area contributed by atoms with Crippen molar-refractivity contribution in [3.05, 3.63) is 52.8 Å². The first-order valence-corrected chi connectivity index (χ1v) is 5.21. The van der Waals surface area contributed by atoms with Gasteiger partial charge in [0.25, 0.3) is 0 Å². The fraction of sp³-hybridized carbons (Fsp3) is 0. The van der Waals surface area contributed by atoms with E-state index in [9.17, 15) is 10.1 Å². The summed E-state index contributed by atoms with van der Waals surface area (Å²) in [4.78, 5) is 18.7. The maximum absolute atomic E-state index is 11.0. The molecule has 18 heavy (non-hydrogen) atoms. The topological polar surface area (TPSA) is 82.1 Å². The Kier molecular flexibility index (Phi) is 2.26. The molecule has 0 N–H and O–H groups in total. The van der Waals surface area contributed by atoms with E-state index < -0.39 is 4.92 Å². The molecule has 0 unspecified atom stereocenters. The van der Waals surface area contributed by atoms with E-state index in [0.29, 0.717) is 16.7 Å². The first kappa shape index (κ1) is 10.4. The molecule has 6 heteroatoms. The average molecular weight is 241 g/mol. The van der Waals surface area contributed by atoms with Gasteiger partial charge in [-0.25, -0.2) is 4.98 Å². The molecule has 0 atom stereocenters. The summed E-state index contributed by atoms with van der Waals surface area (Å²) in [5.74, 6) is 0.404. The Morgan fingerprint density at radius 3 is 2.67 bits per heavy atom. The number of rotatable bonds is 2. The Morgan fingerprint density at radius 1 is 1.11 bits per heavy atom. The van der Waals surface area contributed by atoms with Gasteiger partial charge in [0.2, 0.25) is 0 Å². The van der Waals surface area contributed by atoms with Gasteiger partial charge in [0.15, 0.2) is 5.76 Å². The lowest BCUT2D eigenvalue weighted by Gasteiger charge is -1.99. The summed E-state index contributed by atoms with van der Waals surface area (Å²) in [7, 11) is 0. The van der Waals surface area contributed by atoms with E-state index in [1.807, 2.05) is 0 Å². The van der Waals surface area contributed by atoms with Crippen molar-refractivity contribution in [1.82, 2.24) is 9.97 Å². The van der Waals surface area contributed by atoms with Crippen molar-refractivity contribution < 1.29 is 9.34 Å². The molecule has 0 aliphatic carbocycles. The zero-order valence-corrected chi connectivity index (χ0v) is 9.11. The quantitative estimate of drug-likeness (QED) is 0.509. The molecule has 0 spiro atoms. The van der Waals surface area contributed by atoms with E-state index in [-0.39, 0.29) is 11.6 Å². The van der Waals surface area contributed by atoms with Crippen molar-refractivity contribution in [2.24, 2.45) is 0 Å². The van der Waals surface area contributed by atoms with Gasteiger partial charge in [-0.2, -0.15) is 0 Å². The van der Waals surface area contributed by atoms with E-state index in [0.717, 1.165) is 0 Å². The molecule has 6 nitrogen and oxygen atoms in total. The Hall–Kier alpha value is -2.76. The number of para-hydroxylation sites is 1. The highest BCUT2D eigenvalue weighted by Crippen LogP contribution is 2.26. The van der Waals surface area contributed by atoms with Crippen molar-refractivity contribution in [2.75, 3.05) is 0 Å². The molecule has 3 aromatic rings. The van der Waals surface area contributed by atoms with Crippen LogP contribution in [0.5, 0.6) is 0 Å². The van der Waals surface area contributed by atoms with Crippen molar-refractivity contribution >= 4 is 16.7 Å². The molecular weight excluding hydrogens is 234 g/mol. The van der Waals surface area contributed by atoms with Crippen LogP contribution < -0.4 is 0 Å². The van der Waals surface area contributed by atoms with Crippen LogP contribution >= 0.6 is 0 Å². The van der Waals surface area contributed by atoms with Gasteiger partial charge in [-0.1, -0.05) is 12.1 Å². The molecule has 2 aromatic heterocycles. The third-order valence-electron chi connectivity index (χ3n) is 2.50. The normalized spacial score (nSPS) is 10.7. The Balaban J connectivity index is 2.33. The smallest absolute Gasteiger partial charge is 0.375 e. The van der Waals surface area contributed by atoms with E-state index >= 15 is 0 Å². The third kappa shape index (κ3) is 1.60. The minimum atomic E-state index is -0.517. The number of aromatic nitrogens is 2. The lowest BCUT2D eigenvalue weighted by Crippen LogP contribution is -1.98. The fourth-order valence-electron chi connectivity index (χ4n) is 1.72. The van der Waals surface area contributed by atoms with Crippen molar-refractivity contribution in [3.63, 3.8) is 0 Å². The molecule has 0 fully saturated rings. The molecular formula is C12H7N3O3. The molecule has 2 heterocycles. The second-order valence-corrected chi connectivity index (χ2v) is 3.62. The van der Waals surface area contributed by atoms with E-state index in [1.54, 1.807) is 36.4 Å². The standard InChI is InChI=1S/C12H7N3O3/c16-15(17)12-8-4-1-2-5-9(8)13-11(14-12)10-6-3-7-18-10/h1-7H. The molecule has 0 amide bonds. The fourth-order valence-corrected chi connectivity index (χ4v) is 1.72. The summed E-state index contributed by atoms with van der Waals surface area (Å²) in [5.41, 5.74) is 0.519. The summed E-state index contributed by atoms with van der Waals surface area (Å²) in [5, 5.41) is 11.4.